The van der Waals surface area contributed by atoms with Gasteiger partial charge in [0.15, 0.2) is 0 Å². The first-order chi connectivity index (χ1) is 21.9. The molecule has 3 amide bonds. The minimum atomic E-state index is -0.436. The summed E-state index contributed by atoms with van der Waals surface area (Å²) < 4.78 is 18.1. The molecule has 3 heterocycles. The van der Waals surface area contributed by atoms with Gasteiger partial charge in [-0.2, -0.15) is 5.10 Å². The van der Waals surface area contributed by atoms with Crippen LogP contribution in [0.15, 0.2) is 79.1 Å². The molecule has 3 N–H and O–H groups in total. The molecule has 0 aliphatic rings. The van der Waals surface area contributed by atoms with Crippen molar-refractivity contribution in [3.05, 3.63) is 84.8 Å². The van der Waals surface area contributed by atoms with Gasteiger partial charge >= 0.3 is 6.03 Å². The molecule has 45 heavy (non-hydrogen) atoms. The predicted molar refractivity (Wildman–Crippen MR) is 181 cm³/mol. The second-order valence-electron chi connectivity index (χ2n) is 9.88. The smallest absolute Gasteiger partial charge is 0.324 e. The Kier molecular flexibility index (Phi) is 10.4. The monoisotopic (exact) mass is 721 g/mol. The number of aromatic nitrogens is 4. The van der Waals surface area contributed by atoms with Gasteiger partial charge in [0, 0.05) is 42.3 Å². The summed E-state index contributed by atoms with van der Waals surface area (Å²) in [6.45, 7) is 2.04. The largest absolute Gasteiger partial charge is 0.481 e. The summed E-state index contributed by atoms with van der Waals surface area (Å²) in [5.74, 6) is 2.04. The number of ether oxygens (including phenoxy) is 3. The Bertz CT molecular complexity index is 1800. The van der Waals surface area contributed by atoms with Crippen molar-refractivity contribution in [2.24, 2.45) is 0 Å². The van der Waals surface area contributed by atoms with Gasteiger partial charge < -0.3 is 24.8 Å². The van der Waals surface area contributed by atoms with Gasteiger partial charge in [0.25, 0.3) is 5.91 Å². The lowest BCUT2D eigenvalue weighted by atomic mass is 10.1. The highest BCUT2D eigenvalue weighted by Gasteiger charge is 2.18. The molecule has 12 nitrogen and oxygen atoms in total. The number of halogens is 1. The van der Waals surface area contributed by atoms with Gasteiger partial charge in [-0.1, -0.05) is 60.2 Å². The van der Waals surface area contributed by atoms with E-state index >= 15 is 0 Å². The molecule has 0 fully saturated rings. The van der Waals surface area contributed by atoms with Crippen LogP contribution in [0.25, 0.3) is 16.5 Å². The molecule has 0 bridgehead atoms. The maximum absolute atomic E-state index is 13.4. The number of pyridine rings is 2. The second kappa shape index (κ2) is 14.8. The molecule has 0 spiro atoms. The van der Waals surface area contributed by atoms with E-state index in [9.17, 15) is 9.59 Å². The Morgan fingerprint density at radius 1 is 0.956 bits per heavy atom. The summed E-state index contributed by atoms with van der Waals surface area (Å²) in [5, 5.41) is 14.9. The Morgan fingerprint density at radius 2 is 1.78 bits per heavy atom. The first-order valence-electron chi connectivity index (χ1n) is 14.2. The fourth-order valence-corrected chi connectivity index (χ4v) is 5.50. The van der Waals surface area contributed by atoms with E-state index in [1.807, 2.05) is 36.4 Å². The van der Waals surface area contributed by atoms with Crippen LogP contribution in [0.1, 0.15) is 29.4 Å². The highest BCUT2D eigenvalue weighted by atomic mass is 127. The molecule has 1 unspecified atom stereocenters. The number of urea groups is 1. The number of alkyl halides is 1. The van der Waals surface area contributed by atoms with Crippen LogP contribution < -0.4 is 25.4 Å². The van der Waals surface area contributed by atoms with Crippen LogP contribution in [0, 0.1) is 0 Å². The van der Waals surface area contributed by atoms with Gasteiger partial charge in [-0.05, 0) is 30.7 Å². The molecule has 0 saturated heterocycles. The zero-order valence-corrected chi connectivity index (χ0v) is 27.1. The molecule has 0 saturated carbocycles. The number of hydrogen-bond donors (Lipinski definition) is 3. The van der Waals surface area contributed by atoms with Crippen molar-refractivity contribution in [2.45, 2.75) is 23.7 Å². The lowest BCUT2D eigenvalue weighted by Gasteiger charge is -2.14. The minimum absolute atomic E-state index is 0.0840. The van der Waals surface area contributed by atoms with Crippen molar-refractivity contribution >= 4 is 62.6 Å². The molecule has 1 atom stereocenters. The van der Waals surface area contributed by atoms with E-state index in [4.69, 9.17) is 19.3 Å². The van der Waals surface area contributed by atoms with Crippen LogP contribution >= 0.6 is 22.6 Å². The van der Waals surface area contributed by atoms with Crippen LogP contribution in [0.3, 0.4) is 0 Å². The number of carbonyl (C=O) groups is 2. The molecule has 0 aliphatic carbocycles. The third kappa shape index (κ3) is 7.85. The SMILES string of the molecule is CCCC(I)c1cc(NC(=O)Nc2ccc(Oc3ccnc(NC(=O)COC)c3)c3ccccc23)n(-c2ccc(OC)nc2)n1. The fraction of sp³-hybridized carbons (Fsp3) is 0.219. The Labute approximate surface area is 273 Å². The molecule has 232 valence electrons. The number of hydrogen-bond acceptors (Lipinski definition) is 8. The zero-order chi connectivity index (χ0) is 31.8. The topological polar surface area (TPSA) is 142 Å². The van der Waals surface area contributed by atoms with E-state index in [0.717, 1.165) is 29.3 Å². The average Bonchev–Trinajstić information content (AvgIpc) is 3.46. The molecular weight excluding hydrogens is 689 g/mol. The predicted octanol–water partition coefficient (Wildman–Crippen LogP) is 7.12. The number of carbonyl (C=O) groups excluding carboxylic acids is 2. The Hall–Kier alpha value is -4.76. The lowest BCUT2D eigenvalue weighted by Crippen LogP contribution is -2.21. The van der Waals surface area contributed by atoms with Gasteiger partial charge in [-0.25, -0.2) is 19.4 Å². The molecule has 13 heteroatoms. The number of benzene rings is 2. The number of nitrogens with one attached hydrogen (secondary N) is 3. The van der Waals surface area contributed by atoms with E-state index in [2.05, 4.69) is 55.4 Å². The molecule has 5 rings (SSSR count). The molecule has 3 aromatic heterocycles. The van der Waals surface area contributed by atoms with Crippen LogP contribution in [-0.4, -0.2) is 52.5 Å². The molecular formula is C32H32IN7O5. The zero-order valence-electron chi connectivity index (χ0n) is 24.9. The van der Waals surface area contributed by atoms with Crippen LogP contribution in [0.2, 0.25) is 0 Å². The molecule has 0 radical (unpaired) electrons. The van der Waals surface area contributed by atoms with Crippen molar-refractivity contribution in [1.29, 1.82) is 0 Å². The average molecular weight is 722 g/mol. The summed E-state index contributed by atoms with van der Waals surface area (Å²) in [6, 6.07) is 19.5. The lowest BCUT2D eigenvalue weighted by molar-refractivity contribution is -0.119. The van der Waals surface area contributed by atoms with Gasteiger partial charge in [0.2, 0.25) is 5.88 Å². The van der Waals surface area contributed by atoms with Gasteiger partial charge in [0.1, 0.15) is 29.7 Å². The number of rotatable bonds is 12. The van der Waals surface area contributed by atoms with E-state index in [1.54, 1.807) is 54.5 Å². The van der Waals surface area contributed by atoms with E-state index < -0.39 is 6.03 Å². The molecule has 0 aliphatic heterocycles. The number of anilines is 3. The summed E-state index contributed by atoms with van der Waals surface area (Å²) in [6.07, 6.45) is 5.15. The van der Waals surface area contributed by atoms with Crippen molar-refractivity contribution in [3.63, 3.8) is 0 Å². The first-order valence-corrected chi connectivity index (χ1v) is 15.4. The molecule has 5 aromatic rings. The second-order valence-corrected chi connectivity index (χ2v) is 11.4. The van der Waals surface area contributed by atoms with Crippen molar-refractivity contribution in [3.8, 4) is 23.1 Å². The summed E-state index contributed by atoms with van der Waals surface area (Å²) in [4.78, 5) is 33.7. The standard InChI is InChI=1S/C32H32IN7O5/c1-4-7-24(33)26-17-29(40(39-26)20-10-13-31(44-3)35-18-20)38-32(42)36-25-11-12-27(23-9-6-5-8-22(23)25)45-21-14-15-34-28(16-21)37-30(41)19-43-2/h5-6,8-18,24H,4,7,19H2,1-3H3,(H,34,37,41)(H2,36,38,42). The number of fused-ring (bicyclic) bond motifs is 1. The molecule has 2 aromatic carbocycles. The van der Waals surface area contributed by atoms with E-state index in [0.29, 0.717) is 40.4 Å². The number of methoxy groups -OCH3 is 2. The van der Waals surface area contributed by atoms with Crippen LogP contribution in [-0.2, 0) is 9.53 Å². The van der Waals surface area contributed by atoms with Crippen LogP contribution in [0.5, 0.6) is 17.4 Å². The van der Waals surface area contributed by atoms with Crippen molar-refractivity contribution in [2.75, 3.05) is 36.8 Å². The van der Waals surface area contributed by atoms with Crippen molar-refractivity contribution in [1.82, 2.24) is 19.7 Å². The highest BCUT2D eigenvalue weighted by Crippen LogP contribution is 2.35. The highest BCUT2D eigenvalue weighted by molar-refractivity contribution is 14.1. The van der Waals surface area contributed by atoms with Crippen LogP contribution in [0.4, 0.5) is 22.1 Å². The van der Waals surface area contributed by atoms with Gasteiger partial charge in [-0.15, -0.1) is 0 Å². The van der Waals surface area contributed by atoms with E-state index in [-0.39, 0.29) is 16.4 Å². The number of amides is 3. The quantitative estimate of drug-likeness (QED) is 0.0914. The maximum atomic E-state index is 13.4. The third-order valence-corrected chi connectivity index (χ3v) is 7.90. The Morgan fingerprint density at radius 3 is 2.51 bits per heavy atom. The number of nitrogens with zero attached hydrogens (tertiary/aromatic N) is 4. The maximum Gasteiger partial charge on any atom is 0.324 e. The van der Waals surface area contributed by atoms with Gasteiger partial charge in [0.05, 0.1) is 34.3 Å². The minimum Gasteiger partial charge on any atom is -0.481 e. The first kappa shape index (κ1) is 31.7. The van der Waals surface area contributed by atoms with Crippen molar-refractivity contribution < 1.29 is 23.8 Å². The van der Waals surface area contributed by atoms with Gasteiger partial charge in [-0.3, -0.25) is 10.1 Å². The fourth-order valence-electron chi connectivity index (χ4n) is 4.58. The van der Waals surface area contributed by atoms with E-state index in [1.165, 1.54) is 7.11 Å². The summed E-state index contributed by atoms with van der Waals surface area (Å²) in [5.41, 5.74) is 2.13. The third-order valence-electron chi connectivity index (χ3n) is 6.64. The normalized spacial score (nSPS) is 11.6. The summed E-state index contributed by atoms with van der Waals surface area (Å²) in [7, 11) is 3.00. The Balaban J connectivity index is 1.37. The summed E-state index contributed by atoms with van der Waals surface area (Å²) >= 11 is 2.37.